The Morgan fingerprint density at radius 1 is 1.06 bits per heavy atom. The number of aromatic nitrogens is 2. The van der Waals surface area contributed by atoms with E-state index in [0.29, 0.717) is 11.6 Å². The van der Waals surface area contributed by atoms with Crippen LogP contribution in [-0.4, -0.2) is 27.2 Å². The van der Waals surface area contributed by atoms with Gasteiger partial charge < -0.3 is 20.2 Å². The van der Waals surface area contributed by atoms with Crippen molar-refractivity contribution in [2.45, 2.75) is 44.2 Å². The SMILES string of the molecule is O=C(O)C[C@H]1CC[C@H](c2ccc(NC(=O)c3nnc(Nc4cc(C(F)(F)F)ccc4Cl)o3)cc2)CC1. The molecule has 8 nitrogen and oxygen atoms in total. The van der Waals surface area contributed by atoms with Gasteiger partial charge in [-0.1, -0.05) is 28.8 Å². The van der Waals surface area contributed by atoms with Crippen molar-refractivity contribution in [3.05, 3.63) is 64.5 Å². The number of nitrogens with zero attached hydrogens (tertiary/aromatic N) is 2. The van der Waals surface area contributed by atoms with Crippen LogP contribution in [0.5, 0.6) is 0 Å². The highest BCUT2D eigenvalue weighted by atomic mass is 35.5. The molecule has 0 radical (unpaired) electrons. The minimum absolute atomic E-state index is 0.00247. The minimum Gasteiger partial charge on any atom is -0.481 e. The van der Waals surface area contributed by atoms with Crippen molar-refractivity contribution in [3.63, 3.8) is 0 Å². The normalized spacial score (nSPS) is 18.0. The molecule has 1 fully saturated rings. The Morgan fingerprint density at radius 2 is 1.75 bits per heavy atom. The number of aliphatic carboxylic acids is 1. The topological polar surface area (TPSA) is 117 Å². The van der Waals surface area contributed by atoms with E-state index in [1.807, 2.05) is 12.1 Å². The Bertz CT molecular complexity index is 1240. The van der Waals surface area contributed by atoms with E-state index in [9.17, 15) is 22.8 Å². The van der Waals surface area contributed by atoms with Crippen LogP contribution in [0.1, 0.15) is 59.8 Å². The van der Waals surface area contributed by atoms with Crippen molar-refractivity contribution in [2.75, 3.05) is 10.6 Å². The number of hydrogen-bond acceptors (Lipinski definition) is 6. The van der Waals surface area contributed by atoms with E-state index in [0.717, 1.165) is 49.4 Å². The summed E-state index contributed by atoms with van der Waals surface area (Å²) in [6.07, 6.45) is -0.786. The third kappa shape index (κ3) is 6.34. The van der Waals surface area contributed by atoms with E-state index in [1.165, 1.54) is 0 Å². The summed E-state index contributed by atoms with van der Waals surface area (Å²) in [7, 11) is 0. The van der Waals surface area contributed by atoms with Gasteiger partial charge in [0, 0.05) is 12.1 Å². The second kappa shape index (κ2) is 10.6. The summed E-state index contributed by atoms with van der Waals surface area (Å²) < 4.78 is 44.1. The van der Waals surface area contributed by atoms with Crippen LogP contribution in [0.25, 0.3) is 0 Å². The molecule has 0 aliphatic heterocycles. The molecule has 0 bridgehead atoms. The third-order valence-electron chi connectivity index (χ3n) is 6.10. The fourth-order valence-corrected chi connectivity index (χ4v) is 4.41. The fourth-order valence-electron chi connectivity index (χ4n) is 4.25. The first kappa shape index (κ1) is 25.5. The van der Waals surface area contributed by atoms with Gasteiger partial charge in [0.1, 0.15) is 0 Å². The smallest absolute Gasteiger partial charge is 0.416 e. The number of halogens is 4. The quantitative estimate of drug-likeness (QED) is 0.325. The van der Waals surface area contributed by atoms with E-state index >= 15 is 0 Å². The van der Waals surface area contributed by atoms with Gasteiger partial charge in [-0.25, -0.2) is 0 Å². The molecule has 0 saturated heterocycles. The molecule has 2 aromatic carbocycles. The van der Waals surface area contributed by atoms with Crippen LogP contribution < -0.4 is 10.6 Å². The lowest BCUT2D eigenvalue weighted by Gasteiger charge is -2.28. The standard InChI is InChI=1S/C24H22ClF3N4O4/c25-18-10-7-16(24(26,27)28)12-19(18)30-23-32-31-22(36-23)21(35)29-17-8-5-15(6-9-17)14-3-1-13(2-4-14)11-20(33)34/h5-10,12-14H,1-4,11H2,(H,29,35)(H,30,32)(H,33,34)/t13-,14-. The summed E-state index contributed by atoms with van der Waals surface area (Å²) in [5, 5.41) is 21.4. The molecule has 0 atom stereocenters. The van der Waals surface area contributed by atoms with E-state index in [4.69, 9.17) is 21.1 Å². The fraction of sp³-hybridized carbons (Fsp3) is 0.333. The highest BCUT2D eigenvalue weighted by Gasteiger charge is 2.31. The monoisotopic (exact) mass is 522 g/mol. The number of rotatable bonds is 7. The van der Waals surface area contributed by atoms with E-state index in [2.05, 4.69) is 20.8 Å². The number of alkyl halides is 3. The predicted octanol–water partition coefficient (Wildman–Crippen LogP) is 6.49. The second-order valence-corrected chi connectivity index (χ2v) is 9.03. The lowest BCUT2D eigenvalue weighted by atomic mass is 9.77. The number of carbonyl (C=O) groups excluding carboxylic acids is 1. The van der Waals surface area contributed by atoms with Gasteiger partial charge >= 0.3 is 30.0 Å². The molecule has 1 saturated carbocycles. The van der Waals surface area contributed by atoms with Crippen LogP contribution in [-0.2, 0) is 11.0 Å². The maximum Gasteiger partial charge on any atom is 0.416 e. The molecule has 36 heavy (non-hydrogen) atoms. The van der Waals surface area contributed by atoms with Crippen LogP contribution in [0.15, 0.2) is 46.9 Å². The zero-order valence-corrected chi connectivity index (χ0v) is 19.6. The second-order valence-electron chi connectivity index (χ2n) is 8.62. The number of carbonyl (C=O) groups is 2. The van der Waals surface area contributed by atoms with Crippen LogP contribution in [0.2, 0.25) is 5.02 Å². The lowest BCUT2D eigenvalue weighted by Crippen LogP contribution is -2.16. The summed E-state index contributed by atoms with van der Waals surface area (Å²) in [6, 6.07) is 9.74. The maximum absolute atomic E-state index is 12.9. The Balaban J connectivity index is 1.35. The molecule has 4 rings (SSSR count). The zero-order valence-electron chi connectivity index (χ0n) is 18.8. The summed E-state index contributed by atoms with van der Waals surface area (Å²) in [4.78, 5) is 23.4. The summed E-state index contributed by atoms with van der Waals surface area (Å²) in [5.74, 6) is -1.28. The maximum atomic E-state index is 12.9. The van der Waals surface area contributed by atoms with Gasteiger partial charge in [-0.15, -0.1) is 5.10 Å². The molecule has 190 valence electrons. The van der Waals surface area contributed by atoms with Crippen molar-refractivity contribution in [3.8, 4) is 0 Å². The van der Waals surface area contributed by atoms with Crippen LogP contribution >= 0.6 is 11.6 Å². The van der Waals surface area contributed by atoms with Gasteiger partial charge in [0.05, 0.1) is 16.3 Å². The van der Waals surface area contributed by atoms with E-state index in [1.54, 1.807) is 12.1 Å². The molecular weight excluding hydrogens is 501 g/mol. The first-order valence-electron chi connectivity index (χ1n) is 11.2. The molecule has 1 amide bonds. The minimum atomic E-state index is -4.56. The number of nitrogens with one attached hydrogen (secondary N) is 2. The lowest BCUT2D eigenvalue weighted by molar-refractivity contribution is -0.139. The number of anilines is 3. The number of amides is 1. The summed E-state index contributed by atoms with van der Waals surface area (Å²) >= 11 is 5.95. The Morgan fingerprint density at radius 3 is 2.39 bits per heavy atom. The zero-order chi connectivity index (χ0) is 25.9. The van der Waals surface area contributed by atoms with Crippen molar-refractivity contribution in [2.24, 2.45) is 5.92 Å². The molecule has 1 aliphatic rings. The Hall–Kier alpha value is -3.60. The van der Waals surface area contributed by atoms with Crippen molar-refractivity contribution < 1.29 is 32.3 Å². The number of carboxylic acids is 1. The largest absolute Gasteiger partial charge is 0.481 e. The van der Waals surface area contributed by atoms with Crippen molar-refractivity contribution in [1.82, 2.24) is 10.2 Å². The van der Waals surface area contributed by atoms with Crippen molar-refractivity contribution >= 4 is 40.9 Å². The molecule has 12 heteroatoms. The average molecular weight is 523 g/mol. The number of benzene rings is 2. The van der Waals surface area contributed by atoms with Crippen LogP contribution in [0, 0.1) is 5.92 Å². The van der Waals surface area contributed by atoms with Gasteiger partial charge in [-0.3, -0.25) is 9.59 Å². The Labute approximate surface area is 208 Å². The van der Waals surface area contributed by atoms with Gasteiger partial charge in [-0.2, -0.15) is 13.2 Å². The summed E-state index contributed by atoms with van der Waals surface area (Å²) in [5.41, 5.74) is 0.597. The third-order valence-corrected chi connectivity index (χ3v) is 6.43. The van der Waals surface area contributed by atoms with Gasteiger partial charge in [0.15, 0.2) is 0 Å². The molecule has 3 aromatic rings. The number of carboxylic acid groups (broad SMARTS) is 1. The highest BCUT2D eigenvalue weighted by molar-refractivity contribution is 6.33. The van der Waals surface area contributed by atoms with Crippen LogP contribution in [0.4, 0.5) is 30.6 Å². The molecule has 1 aromatic heterocycles. The molecule has 0 unspecified atom stereocenters. The number of hydrogen-bond donors (Lipinski definition) is 3. The van der Waals surface area contributed by atoms with E-state index in [-0.39, 0.29) is 35.0 Å². The van der Waals surface area contributed by atoms with Gasteiger partial charge in [0.25, 0.3) is 0 Å². The summed E-state index contributed by atoms with van der Waals surface area (Å²) in [6.45, 7) is 0. The highest BCUT2D eigenvalue weighted by Crippen LogP contribution is 2.37. The van der Waals surface area contributed by atoms with Crippen LogP contribution in [0.3, 0.4) is 0 Å². The molecule has 3 N–H and O–H groups in total. The van der Waals surface area contributed by atoms with Crippen molar-refractivity contribution in [1.29, 1.82) is 0 Å². The molecule has 0 spiro atoms. The Kier molecular flexibility index (Phi) is 7.48. The molecule has 1 heterocycles. The average Bonchev–Trinajstić information content (AvgIpc) is 3.29. The predicted molar refractivity (Wildman–Crippen MR) is 125 cm³/mol. The first-order chi connectivity index (χ1) is 17.1. The molecular formula is C24H22ClF3N4O4. The molecule has 1 aliphatic carbocycles. The van der Waals surface area contributed by atoms with E-state index < -0.39 is 23.6 Å². The first-order valence-corrected chi connectivity index (χ1v) is 11.6. The van der Waals surface area contributed by atoms with Gasteiger partial charge in [0.2, 0.25) is 0 Å². The van der Waals surface area contributed by atoms with Gasteiger partial charge in [-0.05, 0) is 73.4 Å².